The number of thiophene rings is 1. The predicted octanol–water partition coefficient (Wildman–Crippen LogP) is 2.78. The molecular formula is C19H17N5O2S. The minimum absolute atomic E-state index is 0.0492. The second kappa shape index (κ2) is 6.81. The Morgan fingerprint density at radius 2 is 2.15 bits per heavy atom. The van der Waals surface area contributed by atoms with Gasteiger partial charge in [0.15, 0.2) is 0 Å². The standard InChI is InChI=1S/C19H17N5O2S/c1-10-11(2)27-19-17(10)18(26)22-15(23-19)7-16(25)24-21-9-12-8-20-14-6-4-3-5-13(12)14/h3-6,8-9,20H,7H2,1-2H3,(H,24,25)(H,22,23,26)/b21-9+. The molecule has 4 rings (SSSR count). The van der Waals surface area contributed by atoms with Crippen LogP contribution in [0.2, 0.25) is 0 Å². The lowest BCUT2D eigenvalue weighted by Gasteiger charge is -2.00. The number of hydrazone groups is 1. The van der Waals surface area contributed by atoms with Crippen LogP contribution in [0.15, 0.2) is 40.4 Å². The van der Waals surface area contributed by atoms with Crippen LogP contribution in [0.1, 0.15) is 21.8 Å². The molecule has 0 atom stereocenters. The van der Waals surface area contributed by atoms with E-state index in [1.807, 2.05) is 44.3 Å². The Morgan fingerprint density at radius 3 is 3.00 bits per heavy atom. The van der Waals surface area contributed by atoms with E-state index in [4.69, 9.17) is 0 Å². The zero-order valence-electron chi connectivity index (χ0n) is 14.8. The van der Waals surface area contributed by atoms with Crippen molar-refractivity contribution in [3.8, 4) is 0 Å². The molecule has 0 bridgehead atoms. The van der Waals surface area contributed by atoms with Crippen LogP contribution in [0.5, 0.6) is 0 Å². The van der Waals surface area contributed by atoms with Crippen molar-refractivity contribution in [2.75, 3.05) is 0 Å². The summed E-state index contributed by atoms with van der Waals surface area (Å²) in [5.74, 6) is -0.0212. The average molecular weight is 379 g/mol. The van der Waals surface area contributed by atoms with Crippen molar-refractivity contribution < 1.29 is 4.79 Å². The van der Waals surface area contributed by atoms with Gasteiger partial charge in [0.1, 0.15) is 10.7 Å². The molecule has 0 aliphatic rings. The van der Waals surface area contributed by atoms with E-state index in [2.05, 4.69) is 25.5 Å². The molecule has 7 nitrogen and oxygen atoms in total. The molecule has 0 radical (unpaired) electrons. The summed E-state index contributed by atoms with van der Waals surface area (Å²) in [6.45, 7) is 3.85. The van der Waals surface area contributed by atoms with E-state index in [-0.39, 0.29) is 17.9 Å². The Morgan fingerprint density at radius 1 is 1.33 bits per heavy atom. The predicted molar refractivity (Wildman–Crippen MR) is 107 cm³/mol. The monoisotopic (exact) mass is 379 g/mol. The summed E-state index contributed by atoms with van der Waals surface area (Å²) in [6.07, 6.45) is 3.36. The summed E-state index contributed by atoms with van der Waals surface area (Å²) in [6, 6.07) is 7.84. The summed E-state index contributed by atoms with van der Waals surface area (Å²) >= 11 is 1.46. The van der Waals surface area contributed by atoms with E-state index in [1.165, 1.54) is 11.3 Å². The largest absolute Gasteiger partial charge is 0.361 e. The van der Waals surface area contributed by atoms with Crippen LogP contribution >= 0.6 is 11.3 Å². The molecule has 4 aromatic rings. The number of H-pyrrole nitrogens is 2. The molecule has 0 spiro atoms. The fraction of sp³-hybridized carbons (Fsp3) is 0.158. The summed E-state index contributed by atoms with van der Waals surface area (Å²) in [4.78, 5) is 36.3. The van der Waals surface area contributed by atoms with Crippen LogP contribution in [0.4, 0.5) is 0 Å². The number of aromatic nitrogens is 3. The highest BCUT2D eigenvalue weighted by Gasteiger charge is 2.13. The molecule has 0 unspecified atom stereocenters. The van der Waals surface area contributed by atoms with Gasteiger partial charge >= 0.3 is 0 Å². The van der Waals surface area contributed by atoms with Gasteiger partial charge < -0.3 is 9.97 Å². The van der Waals surface area contributed by atoms with Gasteiger partial charge in [-0.05, 0) is 25.5 Å². The van der Waals surface area contributed by atoms with Crippen LogP contribution in [-0.2, 0) is 11.2 Å². The fourth-order valence-corrected chi connectivity index (χ4v) is 4.00. The van der Waals surface area contributed by atoms with Crippen LogP contribution in [0.3, 0.4) is 0 Å². The van der Waals surface area contributed by atoms with Gasteiger partial charge in [0.25, 0.3) is 5.56 Å². The lowest BCUT2D eigenvalue weighted by Crippen LogP contribution is -2.23. The van der Waals surface area contributed by atoms with E-state index in [0.717, 1.165) is 26.9 Å². The first-order chi connectivity index (χ1) is 13.0. The number of carbonyl (C=O) groups excluding carboxylic acids is 1. The second-order valence-corrected chi connectivity index (χ2v) is 7.44. The number of benzene rings is 1. The molecule has 0 fully saturated rings. The Bertz CT molecular complexity index is 1250. The number of fused-ring (bicyclic) bond motifs is 2. The molecule has 8 heteroatoms. The number of aryl methyl sites for hydroxylation is 2. The second-order valence-electron chi connectivity index (χ2n) is 6.24. The first kappa shape index (κ1) is 17.2. The zero-order valence-corrected chi connectivity index (χ0v) is 15.6. The van der Waals surface area contributed by atoms with Gasteiger partial charge in [-0.25, -0.2) is 10.4 Å². The molecule has 0 saturated heterocycles. The number of rotatable bonds is 4. The van der Waals surface area contributed by atoms with Crippen LogP contribution < -0.4 is 11.0 Å². The molecule has 3 N–H and O–H groups in total. The van der Waals surface area contributed by atoms with E-state index >= 15 is 0 Å². The third-order valence-corrected chi connectivity index (χ3v) is 5.53. The van der Waals surface area contributed by atoms with Crippen molar-refractivity contribution >= 4 is 44.6 Å². The minimum atomic E-state index is -0.349. The summed E-state index contributed by atoms with van der Waals surface area (Å²) in [5.41, 5.74) is 5.07. The molecule has 136 valence electrons. The van der Waals surface area contributed by atoms with Gasteiger partial charge in [-0.1, -0.05) is 18.2 Å². The number of para-hydroxylation sites is 1. The van der Waals surface area contributed by atoms with Crippen LogP contribution in [0.25, 0.3) is 21.1 Å². The number of hydrogen-bond donors (Lipinski definition) is 3. The first-order valence-electron chi connectivity index (χ1n) is 8.40. The highest BCUT2D eigenvalue weighted by atomic mass is 32.1. The van der Waals surface area contributed by atoms with E-state index < -0.39 is 0 Å². The van der Waals surface area contributed by atoms with Gasteiger partial charge in [0.2, 0.25) is 5.91 Å². The summed E-state index contributed by atoms with van der Waals surface area (Å²) in [7, 11) is 0. The van der Waals surface area contributed by atoms with Gasteiger partial charge in [-0.15, -0.1) is 11.3 Å². The van der Waals surface area contributed by atoms with E-state index in [9.17, 15) is 9.59 Å². The maximum Gasteiger partial charge on any atom is 0.259 e. The van der Waals surface area contributed by atoms with Crippen molar-refractivity contribution in [1.29, 1.82) is 0 Å². The van der Waals surface area contributed by atoms with Gasteiger partial charge in [0.05, 0.1) is 18.0 Å². The van der Waals surface area contributed by atoms with Gasteiger partial charge in [-0.3, -0.25) is 9.59 Å². The molecule has 27 heavy (non-hydrogen) atoms. The summed E-state index contributed by atoms with van der Waals surface area (Å²) in [5, 5.41) is 5.62. The molecule has 3 heterocycles. The maximum absolute atomic E-state index is 12.3. The van der Waals surface area contributed by atoms with Crippen LogP contribution in [0, 0.1) is 13.8 Å². The molecule has 0 saturated carbocycles. The smallest absolute Gasteiger partial charge is 0.259 e. The van der Waals surface area contributed by atoms with Crippen molar-refractivity contribution in [2.45, 2.75) is 20.3 Å². The molecule has 0 aliphatic carbocycles. The number of amides is 1. The topological polar surface area (TPSA) is 103 Å². The fourth-order valence-electron chi connectivity index (χ4n) is 2.95. The highest BCUT2D eigenvalue weighted by Crippen LogP contribution is 2.25. The quantitative estimate of drug-likeness (QED) is 0.375. The molecule has 1 amide bonds. The Kier molecular flexibility index (Phi) is 4.33. The highest BCUT2D eigenvalue weighted by molar-refractivity contribution is 7.18. The normalized spacial score (nSPS) is 11.6. The SMILES string of the molecule is Cc1sc2nc(CC(=O)N/N=C/c3c[nH]c4ccccc34)[nH]c(=O)c2c1C. The third kappa shape index (κ3) is 3.26. The van der Waals surface area contributed by atoms with E-state index in [1.54, 1.807) is 6.21 Å². The first-order valence-corrected chi connectivity index (χ1v) is 9.21. The van der Waals surface area contributed by atoms with E-state index in [0.29, 0.717) is 16.0 Å². The molecule has 1 aromatic carbocycles. The van der Waals surface area contributed by atoms with Gasteiger partial charge in [-0.2, -0.15) is 5.10 Å². The Labute approximate surface area is 158 Å². The van der Waals surface area contributed by atoms with Gasteiger partial charge in [0, 0.05) is 27.5 Å². The number of carbonyl (C=O) groups is 1. The van der Waals surface area contributed by atoms with Crippen molar-refractivity contribution in [3.63, 3.8) is 0 Å². The number of hydrogen-bond acceptors (Lipinski definition) is 5. The number of nitrogens with one attached hydrogen (secondary N) is 3. The van der Waals surface area contributed by atoms with Crippen molar-refractivity contribution in [1.82, 2.24) is 20.4 Å². The third-order valence-electron chi connectivity index (χ3n) is 4.43. The van der Waals surface area contributed by atoms with Crippen molar-refractivity contribution in [2.24, 2.45) is 5.10 Å². The Hall–Kier alpha value is -3.26. The molecule has 0 aliphatic heterocycles. The Balaban J connectivity index is 1.48. The molecule has 3 aromatic heterocycles. The van der Waals surface area contributed by atoms with Crippen LogP contribution in [-0.4, -0.2) is 27.1 Å². The minimum Gasteiger partial charge on any atom is -0.361 e. The molecular weight excluding hydrogens is 362 g/mol. The zero-order chi connectivity index (χ0) is 19.0. The summed E-state index contributed by atoms with van der Waals surface area (Å²) < 4.78 is 0. The van der Waals surface area contributed by atoms with Crippen molar-refractivity contribution in [3.05, 3.63) is 62.6 Å². The lowest BCUT2D eigenvalue weighted by atomic mass is 10.2. The average Bonchev–Trinajstić information content (AvgIpc) is 3.16. The lowest BCUT2D eigenvalue weighted by molar-refractivity contribution is -0.120. The maximum atomic E-state index is 12.3. The number of aromatic amines is 2. The number of nitrogens with zero attached hydrogens (tertiary/aromatic N) is 2.